The van der Waals surface area contributed by atoms with Gasteiger partial charge in [-0.15, -0.1) is 0 Å². The molecule has 24 heavy (non-hydrogen) atoms. The Labute approximate surface area is 145 Å². The molecule has 2 aromatic carbocycles. The van der Waals surface area contributed by atoms with Crippen molar-refractivity contribution in [3.8, 4) is 0 Å². The number of rotatable bonds is 7. The highest BCUT2D eigenvalue weighted by atomic mass is 35.5. The SMILES string of the molecule is OCCCNCc1cn(Cc2ccc(F)cc2Cl)c2ccccc12. The number of aliphatic hydroxyl groups excluding tert-OH is 1. The molecule has 126 valence electrons. The van der Waals surface area contributed by atoms with Gasteiger partial charge in [-0.25, -0.2) is 4.39 Å². The summed E-state index contributed by atoms with van der Waals surface area (Å²) < 4.78 is 15.4. The Balaban J connectivity index is 1.87. The second-order valence-electron chi connectivity index (χ2n) is 5.79. The van der Waals surface area contributed by atoms with E-state index < -0.39 is 0 Å². The van der Waals surface area contributed by atoms with Crippen molar-refractivity contribution in [1.29, 1.82) is 0 Å². The van der Waals surface area contributed by atoms with Crippen LogP contribution >= 0.6 is 11.6 Å². The lowest BCUT2D eigenvalue weighted by molar-refractivity contribution is 0.286. The first-order chi connectivity index (χ1) is 11.7. The summed E-state index contributed by atoms with van der Waals surface area (Å²) in [6.45, 7) is 2.30. The first-order valence-corrected chi connectivity index (χ1v) is 8.39. The van der Waals surface area contributed by atoms with E-state index in [1.807, 2.05) is 12.1 Å². The molecule has 0 aliphatic heterocycles. The lowest BCUT2D eigenvalue weighted by Gasteiger charge is -2.07. The summed E-state index contributed by atoms with van der Waals surface area (Å²) in [5, 5.41) is 13.8. The molecule has 0 unspecified atom stereocenters. The molecule has 3 nitrogen and oxygen atoms in total. The maximum absolute atomic E-state index is 13.2. The van der Waals surface area contributed by atoms with Crippen molar-refractivity contribution in [2.45, 2.75) is 19.5 Å². The van der Waals surface area contributed by atoms with E-state index in [1.54, 1.807) is 6.07 Å². The van der Waals surface area contributed by atoms with Crippen molar-refractivity contribution < 1.29 is 9.50 Å². The molecule has 0 aliphatic rings. The number of aromatic nitrogens is 1. The molecule has 0 aliphatic carbocycles. The van der Waals surface area contributed by atoms with Gasteiger partial charge in [0.2, 0.25) is 0 Å². The lowest BCUT2D eigenvalue weighted by atomic mass is 10.2. The molecule has 1 heterocycles. The molecule has 1 aromatic heterocycles. The van der Waals surface area contributed by atoms with E-state index in [0.717, 1.165) is 30.6 Å². The predicted octanol–water partition coefficient (Wildman–Crippen LogP) is 3.95. The summed E-state index contributed by atoms with van der Waals surface area (Å²) in [4.78, 5) is 0. The second-order valence-corrected chi connectivity index (χ2v) is 6.20. The van der Waals surface area contributed by atoms with E-state index in [9.17, 15) is 4.39 Å². The summed E-state index contributed by atoms with van der Waals surface area (Å²) in [5.74, 6) is -0.324. The average molecular weight is 347 g/mol. The lowest BCUT2D eigenvalue weighted by Crippen LogP contribution is -2.15. The Morgan fingerprint density at radius 3 is 2.75 bits per heavy atom. The van der Waals surface area contributed by atoms with Crippen LogP contribution in [0.15, 0.2) is 48.7 Å². The summed E-state index contributed by atoms with van der Waals surface area (Å²) in [7, 11) is 0. The van der Waals surface area contributed by atoms with Gasteiger partial charge in [0, 0.05) is 41.8 Å². The van der Waals surface area contributed by atoms with Crippen LogP contribution in [0.25, 0.3) is 10.9 Å². The molecule has 3 rings (SSSR count). The highest BCUT2D eigenvalue weighted by Crippen LogP contribution is 2.25. The molecule has 5 heteroatoms. The quantitative estimate of drug-likeness (QED) is 0.635. The normalized spacial score (nSPS) is 11.3. The summed E-state index contributed by atoms with van der Waals surface area (Å²) in [5.41, 5.74) is 3.21. The molecule has 0 atom stereocenters. The third kappa shape index (κ3) is 3.78. The van der Waals surface area contributed by atoms with Gasteiger partial charge >= 0.3 is 0 Å². The number of hydrogen-bond donors (Lipinski definition) is 2. The Morgan fingerprint density at radius 1 is 1.12 bits per heavy atom. The van der Waals surface area contributed by atoms with E-state index in [1.165, 1.54) is 23.1 Å². The van der Waals surface area contributed by atoms with Crippen LogP contribution in [0.3, 0.4) is 0 Å². The van der Waals surface area contributed by atoms with Crippen LogP contribution in [0.2, 0.25) is 5.02 Å². The van der Waals surface area contributed by atoms with Gasteiger partial charge in [0.15, 0.2) is 0 Å². The number of hydrogen-bond acceptors (Lipinski definition) is 2. The third-order valence-corrected chi connectivity index (χ3v) is 4.41. The second kappa shape index (κ2) is 7.79. The Kier molecular flexibility index (Phi) is 5.51. The van der Waals surface area contributed by atoms with Crippen LogP contribution in [0.1, 0.15) is 17.5 Å². The van der Waals surface area contributed by atoms with Gasteiger partial charge in [-0.05, 0) is 42.3 Å². The minimum atomic E-state index is -0.324. The van der Waals surface area contributed by atoms with Gasteiger partial charge in [-0.2, -0.15) is 0 Å². The molecule has 0 amide bonds. The number of para-hydroxylation sites is 1. The van der Waals surface area contributed by atoms with Crippen LogP contribution in [0, 0.1) is 5.82 Å². The zero-order chi connectivity index (χ0) is 16.9. The number of fused-ring (bicyclic) bond motifs is 1. The first-order valence-electron chi connectivity index (χ1n) is 8.01. The van der Waals surface area contributed by atoms with Crippen molar-refractivity contribution in [3.63, 3.8) is 0 Å². The number of nitrogens with one attached hydrogen (secondary N) is 1. The molecule has 0 spiro atoms. The van der Waals surface area contributed by atoms with Crippen molar-refractivity contribution in [2.24, 2.45) is 0 Å². The fourth-order valence-electron chi connectivity index (χ4n) is 2.86. The molecular weight excluding hydrogens is 327 g/mol. The van der Waals surface area contributed by atoms with E-state index in [0.29, 0.717) is 11.6 Å². The standard InChI is InChI=1S/C19H20ClFN2O/c20-18-10-16(21)7-6-14(18)12-23-13-15(11-22-8-3-9-24)17-4-1-2-5-19(17)23/h1-2,4-7,10,13,22,24H,3,8-9,11-12H2. The van der Waals surface area contributed by atoms with Crippen LogP contribution < -0.4 is 5.32 Å². The highest BCUT2D eigenvalue weighted by Gasteiger charge is 2.10. The maximum Gasteiger partial charge on any atom is 0.124 e. The minimum Gasteiger partial charge on any atom is -0.396 e. The largest absolute Gasteiger partial charge is 0.396 e. The smallest absolute Gasteiger partial charge is 0.124 e. The van der Waals surface area contributed by atoms with E-state index in [-0.39, 0.29) is 12.4 Å². The van der Waals surface area contributed by atoms with Crippen molar-refractivity contribution in [1.82, 2.24) is 9.88 Å². The fraction of sp³-hybridized carbons (Fsp3) is 0.263. The van der Waals surface area contributed by atoms with Crippen molar-refractivity contribution >= 4 is 22.5 Å². The van der Waals surface area contributed by atoms with Gasteiger partial charge in [-0.1, -0.05) is 35.9 Å². The summed E-state index contributed by atoms with van der Waals surface area (Å²) >= 11 is 6.17. The Bertz CT molecular complexity index is 831. The zero-order valence-electron chi connectivity index (χ0n) is 13.3. The molecule has 3 aromatic rings. The molecule has 0 saturated carbocycles. The number of halogens is 2. The van der Waals surface area contributed by atoms with Gasteiger partial charge in [-0.3, -0.25) is 0 Å². The van der Waals surface area contributed by atoms with Crippen molar-refractivity contribution in [3.05, 3.63) is 70.6 Å². The predicted molar refractivity (Wildman–Crippen MR) is 95.9 cm³/mol. The molecule has 0 radical (unpaired) electrons. The average Bonchev–Trinajstić information content (AvgIpc) is 2.92. The zero-order valence-corrected chi connectivity index (χ0v) is 14.1. The topological polar surface area (TPSA) is 37.2 Å². The van der Waals surface area contributed by atoms with Crippen molar-refractivity contribution in [2.75, 3.05) is 13.2 Å². The van der Waals surface area contributed by atoms with Crippen LogP contribution in [0.5, 0.6) is 0 Å². The molecular formula is C19H20ClFN2O. The first kappa shape index (κ1) is 17.0. The highest BCUT2D eigenvalue weighted by molar-refractivity contribution is 6.31. The Hall–Kier alpha value is -1.88. The molecule has 0 saturated heterocycles. The monoisotopic (exact) mass is 346 g/mol. The van der Waals surface area contributed by atoms with Gasteiger partial charge in [0.1, 0.15) is 5.82 Å². The van der Waals surface area contributed by atoms with E-state index >= 15 is 0 Å². The summed E-state index contributed by atoms with van der Waals surface area (Å²) in [6, 6.07) is 12.7. The molecule has 2 N–H and O–H groups in total. The van der Waals surface area contributed by atoms with E-state index in [4.69, 9.17) is 16.7 Å². The third-order valence-electron chi connectivity index (χ3n) is 4.05. The number of aliphatic hydroxyl groups is 1. The van der Waals surface area contributed by atoms with Crippen LogP contribution in [-0.4, -0.2) is 22.8 Å². The van der Waals surface area contributed by atoms with Gasteiger partial charge in [0.25, 0.3) is 0 Å². The van der Waals surface area contributed by atoms with Crippen LogP contribution in [0.4, 0.5) is 4.39 Å². The summed E-state index contributed by atoms with van der Waals surface area (Å²) in [6.07, 6.45) is 2.85. The number of benzene rings is 2. The van der Waals surface area contributed by atoms with Gasteiger partial charge in [0.05, 0.1) is 0 Å². The van der Waals surface area contributed by atoms with Crippen LogP contribution in [-0.2, 0) is 13.1 Å². The minimum absolute atomic E-state index is 0.192. The number of nitrogens with zero attached hydrogens (tertiary/aromatic N) is 1. The Morgan fingerprint density at radius 2 is 1.96 bits per heavy atom. The maximum atomic E-state index is 13.2. The van der Waals surface area contributed by atoms with E-state index in [2.05, 4.69) is 28.2 Å². The molecule has 0 fully saturated rings. The molecule has 0 bridgehead atoms. The van der Waals surface area contributed by atoms with Gasteiger partial charge < -0.3 is 15.0 Å². The fourth-order valence-corrected chi connectivity index (χ4v) is 3.08.